The highest BCUT2D eigenvalue weighted by Crippen LogP contribution is 2.35. The normalized spacial score (nSPS) is 24.0. The van der Waals surface area contributed by atoms with Gasteiger partial charge in [0.2, 0.25) is 0 Å². The summed E-state index contributed by atoms with van der Waals surface area (Å²) in [5.41, 5.74) is 1.26. The average Bonchev–Trinajstić information content (AvgIpc) is 2.53. The molecule has 0 heterocycles. The lowest BCUT2D eigenvalue weighted by Crippen LogP contribution is -2.43. The Hall–Kier alpha value is -0.890. The molecule has 2 heteroatoms. The Morgan fingerprint density at radius 2 is 1.86 bits per heavy atom. The molecule has 1 aromatic rings. The number of hydrogen-bond donors (Lipinski definition) is 1. The third kappa shape index (κ3) is 4.81. The Morgan fingerprint density at radius 1 is 1.14 bits per heavy atom. The molecule has 0 aliphatic heterocycles. The van der Waals surface area contributed by atoms with E-state index in [0.717, 1.165) is 24.8 Å². The third-order valence-corrected chi connectivity index (χ3v) is 5.03. The summed E-state index contributed by atoms with van der Waals surface area (Å²) in [7, 11) is 0. The van der Waals surface area contributed by atoms with Crippen LogP contribution in [0.3, 0.4) is 0 Å². The second-order valence-electron chi connectivity index (χ2n) is 6.51. The van der Waals surface area contributed by atoms with Crippen LogP contribution in [-0.2, 0) is 6.42 Å². The van der Waals surface area contributed by atoms with Gasteiger partial charge in [0.25, 0.3) is 0 Å². The van der Waals surface area contributed by atoms with Gasteiger partial charge in [0.15, 0.2) is 0 Å². The van der Waals surface area contributed by atoms with Crippen molar-refractivity contribution in [2.45, 2.75) is 64.8 Å². The van der Waals surface area contributed by atoms with Crippen LogP contribution in [0.2, 0.25) is 0 Å². The summed E-state index contributed by atoms with van der Waals surface area (Å²) in [5.74, 6) is 1.50. The van der Waals surface area contributed by atoms with Gasteiger partial charge >= 0.3 is 0 Å². The van der Waals surface area contributed by atoms with E-state index in [-0.39, 0.29) is 5.82 Å². The Balaban J connectivity index is 2.06. The van der Waals surface area contributed by atoms with Crippen molar-refractivity contribution in [3.8, 4) is 0 Å². The maximum Gasteiger partial charge on any atom is 0.123 e. The van der Waals surface area contributed by atoms with E-state index in [4.69, 9.17) is 0 Å². The van der Waals surface area contributed by atoms with E-state index < -0.39 is 0 Å². The van der Waals surface area contributed by atoms with Gasteiger partial charge in [0.05, 0.1) is 0 Å². The van der Waals surface area contributed by atoms with Crippen LogP contribution in [0.15, 0.2) is 24.3 Å². The molecule has 0 bridgehead atoms. The summed E-state index contributed by atoms with van der Waals surface area (Å²) in [6.07, 6.45) is 8.99. The fraction of sp³-hybridized carbons (Fsp3) is 0.684. The Labute approximate surface area is 129 Å². The van der Waals surface area contributed by atoms with Crippen molar-refractivity contribution in [3.63, 3.8) is 0 Å². The van der Waals surface area contributed by atoms with E-state index in [2.05, 4.69) is 19.2 Å². The molecule has 1 aromatic carbocycles. The first-order valence-corrected chi connectivity index (χ1v) is 8.72. The van der Waals surface area contributed by atoms with Crippen molar-refractivity contribution in [3.05, 3.63) is 35.6 Å². The lowest BCUT2D eigenvalue weighted by atomic mass is 9.72. The first-order valence-electron chi connectivity index (χ1n) is 8.72. The summed E-state index contributed by atoms with van der Waals surface area (Å²) < 4.78 is 13.1. The highest BCUT2D eigenvalue weighted by atomic mass is 19.1. The molecule has 3 atom stereocenters. The molecule has 1 saturated carbocycles. The van der Waals surface area contributed by atoms with E-state index in [1.165, 1.54) is 44.1 Å². The molecule has 3 unspecified atom stereocenters. The molecular formula is C19H30FN. The molecule has 0 radical (unpaired) electrons. The van der Waals surface area contributed by atoms with Crippen LogP contribution in [0.4, 0.5) is 4.39 Å². The van der Waals surface area contributed by atoms with Crippen molar-refractivity contribution in [2.75, 3.05) is 6.54 Å². The van der Waals surface area contributed by atoms with Crippen LogP contribution in [0.5, 0.6) is 0 Å². The van der Waals surface area contributed by atoms with Crippen LogP contribution < -0.4 is 5.32 Å². The third-order valence-electron chi connectivity index (χ3n) is 5.03. The second-order valence-corrected chi connectivity index (χ2v) is 6.51. The maximum atomic E-state index is 13.1. The largest absolute Gasteiger partial charge is 0.313 e. The predicted molar refractivity (Wildman–Crippen MR) is 87.9 cm³/mol. The number of halogens is 1. The zero-order chi connectivity index (χ0) is 15.1. The summed E-state index contributed by atoms with van der Waals surface area (Å²) in [4.78, 5) is 0. The van der Waals surface area contributed by atoms with Crippen molar-refractivity contribution in [2.24, 2.45) is 11.8 Å². The number of rotatable bonds is 7. The summed E-state index contributed by atoms with van der Waals surface area (Å²) in [6.45, 7) is 5.64. The van der Waals surface area contributed by atoms with E-state index in [1.54, 1.807) is 12.1 Å². The molecule has 21 heavy (non-hydrogen) atoms. The van der Waals surface area contributed by atoms with Crippen molar-refractivity contribution < 1.29 is 4.39 Å². The first-order chi connectivity index (χ1) is 10.2. The lowest BCUT2D eigenvalue weighted by Gasteiger charge is -2.37. The standard InChI is InChI=1S/C19H30FN/c1-3-13-21-19(14-15-9-11-17(20)12-10-15)18-8-6-5-7-16(18)4-2/h9-12,16,18-19,21H,3-8,13-14H2,1-2H3. The van der Waals surface area contributed by atoms with Crippen molar-refractivity contribution >= 4 is 0 Å². The molecule has 1 aliphatic carbocycles. The van der Waals surface area contributed by atoms with Gasteiger partial charge in [0, 0.05) is 6.04 Å². The van der Waals surface area contributed by atoms with Crippen LogP contribution in [0, 0.1) is 17.7 Å². The van der Waals surface area contributed by atoms with Gasteiger partial charge in [-0.3, -0.25) is 0 Å². The molecule has 118 valence electrons. The smallest absolute Gasteiger partial charge is 0.123 e. The van der Waals surface area contributed by atoms with Gasteiger partial charge in [-0.25, -0.2) is 4.39 Å². The average molecular weight is 291 g/mol. The molecule has 0 spiro atoms. The molecule has 1 N–H and O–H groups in total. The molecule has 2 rings (SSSR count). The predicted octanol–water partition coefficient (Wildman–Crippen LogP) is 4.95. The summed E-state index contributed by atoms with van der Waals surface area (Å²) in [5, 5.41) is 3.77. The van der Waals surface area contributed by atoms with Crippen molar-refractivity contribution in [1.82, 2.24) is 5.32 Å². The first kappa shape index (κ1) is 16.5. The van der Waals surface area contributed by atoms with Gasteiger partial charge in [-0.15, -0.1) is 0 Å². The summed E-state index contributed by atoms with van der Waals surface area (Å²) in [6, 6.07) is 7.61. The van der Waals surface area contributed by atoms with Gasteiger partial charge in [0.1, 0.15) is 5.82 Å². The molecule has 1 aliphatic rings. The molecule has 0 amide bonds. The van der Waals surface area contributed by atoms with E-state index >= 15 is 0 Å². The monoisotopic (exact) mass is 291 g/mol. The Morgan fingerprint density at radius 3 is 2.52 bits per heavy atom. The zero-order valence-electron chi connectivity index (χ0n) is 13.6. The molecule has 1 fully saturated rings. The lowest BCUT2D eigenvalue weighted by molar-refractivity contribution is 0.174. The minimum absolute atomic E-state index is 0.138. The van der Waals surface area contributed by atoms with Gasteiger partial charge < -0.3 is 5.32 Å². The molecular weight excluding hydrogens is 261 g/mol. The number of benzene rings is 1. The highest BCUT2D eigenvalue weighted by Gasteiger charge is 2.30. The Kier molecular flexibility index (Phi) is 6.69. The van der Waals surface area contributed by atoms with Crippen molar-refractivity contribution in [1.29, 1.82) is 0 Å². The van der Waals surface area contributed by atoms with Crippen LogP contribution >= 0.6 is 0 Å². The second kappa shape index (κ2) is 8.53. The SMILES string of the molecule is CCCNC(Cc1ccc(F)cc1)C1CCCCC1CC. The minimum Gasteiger partial charge on any atom is -0.313 e. The molecule has 1 nitrogen and oxygen atoms in total. The highest BCUT2D eigenvalue weighted by molar-refractivity contribution is 5.17. The number of hydrogen-bond acceptors (Lipinski definition) is 1. The topological polar surface area (TPSA) is 12.0 Å². The van der Waals surface area contributed by atoms with Gasteiger partial charge in [-0.2, -0.15) is 0 Å². The summed E-state index contributed by atoms with van der Waals surface area (Å²) >= 11 is 0. The van der Waals surface area contributed by atoms with Crippen LogP contribution in [0.1, 0.15) is 57.9 Å². The Bertz CT molecular complexity index is 401. The molecule has 0 aromatic heterocycles. The maximum absolute atomic E-state index is 13.1. The van der Waals surface area contributed by atoms with Gasteiger partial charge in [-0.1, -0.05) is 51.7 Å². The van der Waals surface area contributed by atoms with E-state index in [9.17, 15) is 4.39 Å². The van der Waals surface area contributed by atoms with Crippen LogP contribution in [0.25, 0.3) is 0 Å². The molecule has 0 saturated heterocycles. The zero-order valence-corrected chi connectivity index (χ0v) is 13.6. The quantitative estimate of drug-likeness (QED) is 0.749. The van der Waals surface area contributed by atoms with Crippen LogP contribution in [-0.4, -0.2) is 12.6 Å². The van der Waals surface area contributed by atoms with E-state index in [0.29, 0.717) is 6.04 Å². The fourth-order valence-electron chi connectivity index (χ4n) is 3.85. The fourth-order valence-corrected chi connectivity index (χ4v) is 3.85. The van der Waals surface area contributed by atoms with E-state index in [1.807, 2.05) is 12.1 Å². The minimum atomic E-state index is -0.138. The van der Waals surface area contributed by atoms with Gasteiger partial charge in [-0.05, 0) is 55.3 Å². The number of nitrogens with one attached hydrogen (secondary N) is 1.